The molecule has 0 saturated carbocycles. The highest BCUT2D eigenvalue weighted by atomic mass is 16.7. The summed E-state index contributed by atoms with van der Waals surface area (Å²) < 4.78 is 53.1. The lowest BCUT2D eigenvalue weighted by molar-refractivity contribution is -0.314. The molecule has 4 aliphatic heterocycles. The maximum atomic E-state index is 13.6. The Morgan fingerprint density at radius 2 is 0.519 bits per heavy atom. The standard InChI is InChI=1S/C56H100O21/c1-4-7-10-13-16-17-20-23-26-29-38-32-44(59)71-35-40-46(61)49(64)52(67)55(76-40)73-36(27-24-21-18-14-11-8-5-2)30-42(57)69-33-39-45(60)48(63)51(66)54(75-39)72-37(28-25-22-19-15-12-9-6-3)31-43(58)70-34-41-47(62)50(65)53(68)56(74-38)77-41/h36-41,45-56,60-68H,4-35H2,1-3H3/t36?,37?,38?,39-,40-,41-,45+,46+,47+,48+,49+,50+,51-,52-,53-,54-,55-,56-/m1/s1. The number of esters is 3. The van der Waals surface area contributed by atoms with Gasteiger partial charge >= 0.3 is 17.9 Å². The molecule has 77 heavy (non-hydrogen) atoms. The first-order valence-electron chi connectivity index (χ1n) is 29.6. The minimum absolute atomic E-state index is 0.288. The number of unbranched alkanes of at least 4 members (excludes halogenated alkanes) is 20. The summed E-state index contributed by atoms with van der Waals surface area (Å²) >= 11 is 0. The number of aliphatic hydroxyl groups excluding tert-OH is 9. The molecule has 0 radical (unpaired) electrons. The van der Waals surface area contributed by atoms with Gasteiger partial charge in [0.05, 0.1) is 37.6 Å². The highest BCUT2D eigenvalue weighted by Gasteiger charge is 2.49. The van der Waals surface area contributed by atoms with Crippen molar-refractivity contribution >= 4 is 17.9 Å². The van der Waals surface area contributed by atoms with E-state index in [0.29, 0.717) is 19.3 Å². The molecule has 4 heterocycles. The number of cyclic esters (lactones) is 3. The zero-order chi connectivity index (χ0) is 56.1. The molecule has 0 aliphatic carbocycles. The molecule has 4 fully saturated rings. The van der Waals surface area contributed by atoms with Crippen molar-refractivity contribution < 1.29 is 103 Å². The molecule has 21 heteroatoms. The van der Waals surface area contributed by atoms with Crippen molar-refractivity contribution in [1.82, 2.24) is 0 Å². The molecule has 9 N–H and O–H groups in total. The monoisotopic (exact) mass is 1110 g/mol. The molecular formula is C56H100O21. The van der Waals surface area contributed by atoms with Gasteiger partial charge in [-0.3, -0.25) is 14.4 Å². The molecule has 21 nitrogen and oxygen atoms in total. The summed E-state index contributed by atoms with van der Waals surface area (Å²) in [6.45, 7) is 4.61. The summed E-state index contributed by atoms with van der Waals surface area (Å²) in [5.74, 6) is -2.46. The Labute approximate surface area is 456 Å². The lowest BCUT2D eigenvalue weighted by Crippen LogP contribution is -2.60. The normalized spacial score (nSPS) is 35.6. The molecule has 0 amide bonds. The smallest absolute Gasteiger partial charge is 0.308 e. The summed E-state index contributed by atoms with van der Waals surface area (Å²) in [5.41, 5.74) is 0. The molecule has 4 aliphatic rings. The van der Waals surface area contributed by atoms with Gasteiger partial charge in [0, 0.05) is 0 Å². The highest BCUT2D eigenvalue weighted by molar-refractivity contribution is 5.70. The predicted molar refractivity (Wildman–Crippen MR) is 278 cm³/mol. The lowest BCUT2D eigenvalue weighted by atomic mass is 9.98. The summed E-state index contributed by atoms with van der Waals surface area (Å²) in [6.07, 6.45) is -5.91. The van der Waals surface area contributed by atoms with Gasteiger partial charge in [-0.15, -0.1) is 0 Å². The van der Waals surface area contributed by atoms with E-state index in [-0.39, 0.29) is 19.3 Å². The van der Waals surface area contributed by atoms with Gasteiger partial charge in [0.2, 0.25) is 0 Å². The second-order valence-electron chi connectivity index (χ2n) is 21.9. The van der Waals surface area contributed by atoms with Crippen LogP contribution in [0.1, 0.15) is 207 Å². The Morgan fingerprint density at radius 1 is 0.299 bits per heavy atom. The topological polar surface area (TPSA) is 316 Å². The van der Waals surface area contributed by atoms with Gasteiger partial charge in [-0.1, -0.05) is 168 Å². The van der Waals surface area contributed by atoms with E-state index in [1.165, 1.54) is 12.8 Å². The summed E-state index contributed by atoms with van der Waals surface area (Å²) in [7, 11) is 0. The van der Waals surface area contributed by atoms with E-state index in [2.05, 4.69) is 20.8 Å². The lowest BCUT2D eigenvalue weighted by Gasteiger charge is -2.41. The van der Waals surface area contributed by atoms with Gasteiger partial charge in [-0.05, 0) is 19.3 Å². The van der Waals surface area contributed by atoms with Gasteiger partial charge in [0.1, 0.15) is 93.1 Å². The van der Waals surface area contributed by atoms with Gasteiger partial charge in [-0.25, -0.2) is 0 Å². The highest BCUT2D eigenvalue weighted by Crippen LogP contribution is 2.30. The van der Waals surface area contributed by atoms with Crippen molar-refractivity contribution in [3.8, 4) is 0 Å². The summed E-state index contributed by atoms with van der Waals surface area (Å²) in [6, 6.07) is 0. The zero-order valence-electron chi connectivity index (χ0n) is 46.4. The van der Waals surface area contributed by atoms with Crippen molar-refractivity contribution in [2.45, 2.75) is 317 Å². The van der Waals surface area contributed by atoms with Gasteiger partial charge < -0.3 is 88.6 Å². The number of aliphatic hydroxyl groups is 9. The van der Waals surface area contributed by atoms with Crippen LogP contribution in [0.15, 0.2) is 0 Å². The first-order chi connectivity index (χ1) is 37.1. The Hall–Kier alpha value is -2.19. The van der Waals surface area contributed by atoms with Gasteiger partial charge in [0.15, 0.2) is 18.9 Å². The number of fused-ring (bicyclic) bond motifs is 6. The molecule has 0 aromatic carbocycles. The molecule has 18 atom stereocenters. The van der Waals surface area contributed by atoms with Crippen LogP contribution in [0.5, 0.6) is 0 Å². The second kappa shape index (κ2) is 37.7. The van der Waals surface area contributed by atoms with E-state index >= 15 is 0 Å². The molecule has 4 saturated heterocycles. The third-order valence-corrected chi connectivity index (χ3v) is 15.3. The molecule has 4 rings (SSSR count). The largest absolute Gasteiger partial charge is 0.463 e. The fourth-order valence-electron chi connectivity index (χ4n) is 10.3. The average molecular weight is 1110 g/mol. The fraction of sp³-hybridized carbons (Fsp3) is 0.946. The average Bonchev–Trinajstić information content (AvgIpc) is 3.41. The summed E-state index contributed by atoms with van der Waals surface area (Å²) in [5, 5.41) is 99.4. The number of carbonyl (C=O) groups excluding carboxylic acids is 3. The van der Waals surface area contributed by atoms with Crippen LogP contribution in [0.25, 0.3) is 0 Å². The Bertz CT molecular complexity index is 1580. The van der Waals surface area contributed by atoms with E-state index in [1.807, 2.05) is 0 Å². The molecular weight excluding hydrogens is 1010 g/mol. The third kappa shape index (κ3) is 24.0. The third-order valence-electron chi connectivity index (χ3n) is 15.3. The molecule has 6 bridgehead atoms. The van der Waals surface area contributed by atoms with Crippen LogP contribution in [0, 0.1) is 0 Å². The van der Waals surface area contributed by atoms with Crippen LogP contribution in [-0.4, -0.2) is 194 Å². The number of hydrogen-bond acceptors (Lipinski definition) is 21. The zero-order valence-corrected chi connectivity index (χ0v) is 46.4. The van der Waals surface area contributed by atoms with Crippen LogP contribution < -0.4 is 0 Å². The van der Waals surface area contributed by atoms with Crippen molar-refractivity contribution in [2.24, 2.45) is 0 Å². The van der Waals surface area contributed by atoms with Gasteiger partial charge in [-0.2, -0.15) is 0 Å². The van der Waals surface area contributed by atoms with Crippen molar-refractivity contribution in [3.05, 3.63) is 0 Å². The minimum atomic E-state index is -1.82. The van der Waals surface area contributed by atoms with Crippen LogP contribution in [-0.2, 0) is 57.0 Å². The first-order valence-corrected chi connectivity index (χ1v) is 29.6. The van der Waals surface area contributed by atoms with Crippen LogP contribution >= 0.6 is 0 Å². The quantitative estimate of drug-likeness (QED) is 0.0325. The van der Waals surface area contributed by atoms with Crippen LogP contribution in [0.2, 0.25) is 0 Å². The molecule has 3 unspecified atom stereocenters. The van der Waals surface area contributed by atoms with Crippen molar-refractivity contribution in [3.63, 3.8) is 0 Å². The predicted octanol–water partition coefficient (Wildman–Crippen LogP) is 4.58. The number of hydrogen-bond donors (Lipinski definition) is 9. The van der Waals surface area contributed by atoms with Crippen LogP contribution in [0.3, 0.4) is 0 Å². The number of carbonyl (C=O) groups is 3. The summed E-state index contributed by atoms with van der Waals surface area (Å²) in [4.78, 5) is 40.8. The van der Waals surface area contributed by atoms with E-state index in [1.54, 1.807) is 0 Å². The van der Waals surface area contributed by atoms with Gasteiger partial charge in [0.25, 0.3) is 0 Å². The second-order valence-corrected chi connectivity index (χ2v) is 21.9. The van der Waals surface area contributed by atoms with Crippen molar-refractivity contribution in [2.75, 3.05) is 19.8 Å². The van der Waals surface area contributed by atoms with E-state index in [4.69, 9.17) is 42.6 Å². The number of rotatable bonds is 26. The maximum Gasteiger partial charge on any atom is 0.308 e. The van der Waals surface area contributed by atoms with Crippen LogP contribution in [0.4, 0.5) is 0 Å². The fourth-order valence-corrected chi connectivity index (χ4v) is 10.3. The van der Waals surface area contributed by atoms with Crippen molar-refractivity contribution in [1.29, 1.82) is 0 Å². The Balaban J connectivity index is 1.60. The van der Waals surface area contributed by atoms with E-state index in [0.717, 1.165) is 116 Å². The molecule has 450 valence electrons. The van der Waals surface area contributed by atoms with E-state index < -0.39 is 167 Å². The van der Waals surface area contributed by atoms with E-state index in [9.17, 15) is 60.3 Å². The number of ether oxygens (including phenoxy) is 9. The Kier molecular flexibility index (Phi) is 33.0. The minimum Gasteiger partial charge on any atom is -0.463 e. The first kappa shape index (κ1) is 67.3. The SMILES string of the molecule is CCCCCCCCCCCC1CC(=O)OC[C@H]2O[C@@H](OC(CCCCCCCCC)CC(=O)OC[C@H]3O[C@@H](OC(CCCCCCCCC)CC(=O)OC[C@H]4O[C@@H](O1)[C@H](O)[C@@H](O)[C@H]4O)[C@H](O)[C@@H](O)[C@H]3O)[C@H](O)[C@@H](O)[C@H]2O. The molecule has 0 spiro atoms. The molecule has 0 aromatic rings. The Morgan fingerprint density at radius 3 is 0.753 bits per heavy atom. The molecule has 0 aromatic heterocycles. The maximum absolute atomic E-state index is 13.6.